The van der Waals surface area contributed by atoms with Crippen molar-refractivity contribution in [2.24, 2.45) is 0 Å². The highest BCUT2D eigenvalue weighted by Crippen LogP contribution is 2.57. The highest BCUT2D eigenvalue weighted by molar-refractivity contribution is 6.01. The van der Waals surface area contributed by atoms with Gasteiger partial charge in [0.25, 0.3) is 0 Å². The molecule has 1 nitrogen and oxygen atoms in total. The van der Waals surface area contributed by atoms with E-state index in [1.807, 2.05) is 0 Å². The number of rotatable bonds is 0. The zero-order valence-corrected chi connectivity index (χ0v) is 19.4. The molecule has 0 radical (unpaired) electrons. The highest BCUT2D eigenvalue weighted by Gasteiger charge is 2.37. The lowest BCUT2D eigenvalue weighted by molar-refractivity contribution is 1.01. The Morgan fingerprint density at radius 1 is 0.429 bits per heavy atom. The summed E-state index contributed by atoms with van der Waals surface area (Å²) in [6, 6.07) is 34.4. The van der Waals surface area contributed by atoms with Crippen molar-refractivity contribution in [2.45, 2.75) is 25.7 Å². The van der Waals surface area contributed by atoms with Crippen LogP contribution in [0.2, 0.25) is 0 Å². The summed E-state index contributed by atoms with van der Waals surface area (Å²) in [7, 11) is 0. The number of hydrogen-bond acceptors (Lipinski definition) is 1. The summed E-state index contributed by atoms with van der Waals surface area (Å²) in [6.45, 7) is 0. The van der Waals surface area contributed by atoms with Crippen LogP contribution in [0.1, 0.15) is 44.5 Å². The maximum Gasteiger partial charge on any atom is 0.0539 e. The van der Waals surface area contributed by atoms with Crippen LogP contribution in [0.25, 0.3) is 22.3 Å². The van der Waals surface area contributed by atoms with E-state index in [0.29, 0.717) is 0 Å². The monoisotopic (exact) mass is 445 g/mol. The Morgan fingerprint density at radius 3 is 1.83 bits per heavy atom. The molecule has 4 aliphatic rings. The molecule has 0 spiro atoms. The zero-order valence-electron chi connectivity index (χ0n) is 19.4. The number of anilines is 3. The third-order valence-electron chi connectivity index (χ3n) is 8.67. The van der Waals surface area contributed by atoms with Crippen LogP contribution < -0.4 is 4.90 Å². The Bertz CT molecular complexity index is 1740. The van der Waals surface area contributed by atoms with Crippen LogP contribution in [0.4, 0.5) is 17.1 Å². The minimum Gasteiger partial charge on any atom is -0.309 e. The Morgan fingerprint density at radius 2 is 1.03 bits per heavy atom. The van der Waals surface area contributed by atoms with Crippen LogP contribution in [-0.2, 0) is 25.7 Å². The van der Waals surface area contributed by atoms with E-state index in [4.69, 9.17) is 0 Å². The van der Waals surface area contributed by atoms with Gasteiger partial charge in [0, 0.05) is 24.2 Å². The molecule has 0 fully saturated rings. The summed E-state index contributed by atoms with van der Waals surface area (Å²) < 4.78 is 0. The molecule has 0 unspecified atom stereocenters. The average molecular weight is 446 g/mol. The number of benzene rings is 5. The van der Waals surface area contributed by atoms with Gasteiger partial charge < -0.3 is 4.90 Å². The molecule has 35 heavy (non-hydrogen) atoms. The predicted molar refractivity (Wildman–Crippen MR) is 143 cm³/mol. The van der Waals surface area contributed by atoms with Crippen molar-refractivity contribution in [3.8, 4) is 22.3 Å². The molecule has 2 aliphatic heterocycles. The fourth-order valence-corrected chi connectivity index (χ4v) is 7.32. The third kappa shape index (κ3) is 2.24. The number of hydrogen-bond donors (Lipinski definition) is 0. The molecule has 0 amide bonds. The first-order chi connectivity index (χ1) is 17.3. The molecule has 5 aromatic rings. The molecule has 0 bridgehead atoms. The first-order valence-electron chi connectivity index (χ1n) is 12.7. The summed E-state index contributed by atoms with van der Waals surface area (Å²) in [5.41, 5.74) is 21.9. The van der Waals surface area contributed by atoms with Gasteiger partial charge in [0.1, 0.15) is 0 Å². The van der Waals surface area contributed by atoms with Gasteiger partial charge in [0.2, 0.25) is 0 Å². The maximum atomic E-state index is 2.57. The SMILES string of the molecule is c1ccc2c(c1)Cc1ccc3c(c1-2)-c1c(cc2c4c1Cc1ccccc1N4c1ccccc1C2)C3. The number of para-hydroxylation sites is 2. The van der Waals surface area contributed by atoms with Gasteiger partial charge in [-0.3, -0.25) is 0 Å². The normalized spacial score (nSPS) is 14.9. The smallest absolute Gasteiger partial charge is 0.0539 e. The van der Waals surface area contributed by atoms with Crippen molar-refractivity contribution in [2.75, 3.05) is 4.90 Å². The van der Waals surface area contributed by atoms with Gasteiger partial charge in [0.05, 0.1) is 5.69 Å². The van der Waals surface area contributed by atoms with Crippen LogP contribution in [0, 0.1) is 0 Å². The first-order valence-corrected chi connectivity index (χ1v) is 12.7. The van der Waals surface area contributed by atoms with Gasteiger partial charge in [-0.15, -0.1) is 0 Å². The Balaban J connectivity index is 1.38. The largest absolute Gasteiger partial charge is 0.309 e. The van der Waals surface area contributed by atoms with Crippen LogP contribution >= 0.6 is 0 Å². The van der Waals surface area contributed by atoms with Crippen LogP contribution in [0.5, 0.6) is 0 Å². The molecule has 0 aromatic heterocycles. The Labute approximate surface area is 205 Å². The summed E-state index contributed by atoms with van der Waals surface area (Å²) in [5.74, 6) is 0. The van der Waals surface area contributed by atoms with E-state index in [-0.39, 0.29) is 0 Å². The third-order valence-corrected chi connectivity index (χ3v) is 8.67. The Hall–Kier alpha value is -4.10. The van der Waals surface area contributed by atoms with E-state index in [1.165, 1.54) is 83.8 Å². The van der Waals surface area contributed by atoms with E-state index < -0.39 is 0 Å². The van der Waals surface area contributed by atoms with Crippen molar-refractivity contribution in [3.63, 3.8) is 0 Å². The molecule has 5 aromatic carbocycles. The van der Waals surface area contributed by atoms with Gasteiger partial charge in [-0.25, -0.2) is 0 Å². The van der Waals surface area contributed by atoms with Crippen LogP contribution in [0.15, 0.2) is 91.0 Å². The molecule has 9 rings (SSSR count). The first kappa shape index (κ1) is 18.3. The van der Waals surface area contributed by atoms with Crippen LogP contribution in [-0.4, -0.2) is 0 Å². The molecule has 2 aliphatic carbocycles. The number of fused-ring (bicyclic) bond motifs is 12. The predicted octanol–water partition coefficient (Wildman–Crippen LogP) is 8.11. The van der Waals surface area contributed by atoms with E-state index in [0.717, 1.165) is 25.7 Å². The lowest BCUT2D eigenvalue weighted by atomic mass is 9.81. The van der Waals surface area contributed by atoms with Gasteiger partial charge in [-0.2, -0.15) is 0 Å². The molecule has 0 N–H and O–H groups in total. The lowest BCUT2D eigenvalue weighted by Crippen LogP contribution is -2.25. The maximum absolute atomic E-state index is 2.57. The summed E-state index contributed by atoms with van der Waals surface area (Å²) in [6.07, 6.45) is 4.12. The second-order valence-electron chi connectivity index (χ2n) is 10.5. The fraction of sp³-hybridized carbons (Fsp3) is 0.118. The van der Waals surface area contributed by atoms with Crippen molar-refractivity contribution < 1.29 is 0 Å². The molecule has 164 valence electrons. The molecule has 0 atom stereocenters. The van der Waals surface area contributed by atoms with Crippen molar-refractivity contribution in [1.29, 1.82) is 0 Å². The second kappa shape index (κ2) is 6.31. The second-order valence-corrected chi connectivity index (χ2v) is 10.5. The van der Waals surface area contributed by atoms with Crippen LogP contribution in [0.3, 0.4) is 0 Å². The van der Waals surface area contributed by atoms with E-state index >= 15 is 0 Å². The van der Waals surface area contributed by atoms with E-state index in [9.17, 15) is 0 Å². The number of nitrogens with zero attached hydrogens (tertiary/aromatic N) is 1. The topological polar surface area (TPSA) is 3.24 Å². The highest BCUT2D eigenvalue weighted by atomic mass is 15.2. The quantitative estimate of drug-likeness (QED) is 0.228. The minimum absolute atomic E-state index is 1.01. The summed E-state index contributed by atoms with van der Waals surface area (Å²) >= 11 is 0. The summed E-state index contributed by atoms with van der Waals surface area (Å²) in [4.78, 5) is 2.57. The van der Waals surface area contributed by atoms with Gasteiger partial charge in [0.15, 0.2) is 0 Å². The van der Waals surface area contributed by atoms with Gasteiger partial charge in [-0.1, -0.05) is 78.9 Å². The Kier molecular flexibility index (Phi) is 3.29. The molecule has 0 saturated heterocycles. The molecular weight excluding hydrogens is 422 g/mol. The molecule has 1 heteroatoms. The average Bonchev–Trinajstić information content (AvgIpc) is 3.46. The van der Waals surface area contributed by atoms with Gasteiger partial charge in [-0.05, 0) is 91.7 Å². The summed E-state index contributed by atoms with van der Waals surface area (Å²) in [5, 5.41) is 0. The van der Waals surface area contributed by atoms with Crippen molar-refractivity contribution in [3.05, 3.63) is 136 Å². The van der Waals surface area contributed by atoms with Crippen molar-refractivity contribution in [1.82, 2.24) is 0 Å². The molecule has 0 saturated carbocycles. The molecule has 2 heterocycles. The van der Waals surface area contributed by atoms with E-state index in [1.54, 1.807) is 0 Å². The van der Waals surface area contributed by atoms with Crippen molar-refractivity contribution >= 4 is 17.1 Å². The lowest BCUT2D eigenvalue weighted by Gasteiger charge is -2.40. The standard InChI is InChI=1S/C34H23N/c1-4-10-27-20(7-1)15-23-13-14-24-17-25-18-26-16-21-8-2-5-11-29(21)35-30-12-6-3-9-22(30)19-28(34(26)35)32(25)33(24)31(23)27/h1-14,18H,15-17,19H2. The van der Waals surface area contributed by atoms with Gasteiger partial charge >= 0.3 is 0 Å². The minimum atomic E-state index is 1.01. The molecular formula is C34H23N. The zero-order chi connectivity index (χ0) is 22.7. The van der Waals surface area contributed by atoms with E-state index in [2.05, 4.69) is 95.9 Å². The fourth-order valence-electron chi connectivity index (χ4n) is 7.32.